The highest BCUT2D eigenvalue weighted by atomic mass is 16.5. The van der Waals surface area contributed by atoms with Gasteiger partial charge in [0, 0.05) is 48.7 Å². The molecule has 0 saturated carbocycles. The number of benzene rings is 1. The molecule has 4 rings (SSSR count). The molecule has 0 radical (unpaired) electrons. The Hall–Kier alpha value is -2.18. The molecule has 25 heavy (non-hydrogen) atoms. The van der Waals surface area contributed by atoms with E-state index in [1.54, 1.807) is 0 Å². The highest BCUT2D eigenvalue weighted by molar-refractivity contribution is 5.91. The van der Waals surface area contributed by atoms with Crippen molar-refractivity contribution in [1.82, 2.24) is 14.9 Å². The van der Waals surface area contributed by atoms with Gasteiger partial charge in [-0.3, -0.25) is 4.79 Å². The number of nitrogens with zero attached hydrogens (tertiary/aromatic N) is 2. The fourth-order valence-corrected chi connectivity index (χ4v) is 3.56. The van der Waals surface area contributed by atoms with E-state index in [0.29, 0.717) is 13.0 Å². The van der Waals surface area contributed by atoms with Gasteiger partial charge in [-0.15, -0.1) is 0 Å². The number of hydrogen-bond donors (Lipinski definition) is 2. The number of amides is 1. The minimum atomic E-state index is 0.00828. The zero-order valence-electron chi connectivity index (χ0n) is 14.3. The van der Waals surface area contributed by atoms with Crippen LogP contribution in [0.1, 0.15) is 25.0 Å². The van der Waals surface area contributed by atoms with Crippen molar-refractivity contribution in [2.24, 2.45) is 0 Å². The predicted octanol–water partition coefficient (Wildman–Crippen LogP) is 2.20. The average Bonchev–Trinajstić information content (AvgIpc) is 3.07. The first-order valence-electron chi connectivity index (χ1n) is 9.05. The molecular formula is C19H24N4O2. The number of hydrogen-bond acceptors (Lipinski definition) is 4. The van der Waals surface area contributed by atoms with Crippen molar-refractivity contribution in [2.75, 3.05) is 25.1 Å². The van der Waals surface area contributed by atoms with Crippen molar-refractivity contribution in [2.45, 2.75) is 38.3 Å². The lowest BCUT2D eigenvalue weighted by atomic mass is 10.1. The van der Waals surface area contributed by atoms with E-state index in [1.807, 2.05) is 30.5 Å². The molecule has 0 aliphatic carbocycles. The normalized spacial score (nSPS) is 20.1. The fourth-order valence-electron chi connectivity index (χ4n) is 3.56. The molecule has 2 aliphatic heterocycles. The van der Waals surface area contributed by atoms with E-state index >= 15 is 0 Å². The number of nitrogens with one attached hydrogen (secondary N) is 2. The van der Waals surface area contributed by atoms with Gasteiger partial charge >= 0.3 is 0 Å². The van der Waals surface area contributed by atoms with Gasteiger partial charge < -0.3 is 19.9 Å². The monoisotopic (exact) mass is 340 g/mol. The number of imidazole rings is 1. The smallest absolute Gasteiger partial charge is 0.226 e. The summed E-state index contributed by atoms with van der Waals surface area (Å²) in [4.78, 5) is 16.8. The summed E-state index contributed by atoms with van der Waals surface area (Å²) in [6.45, 7) is 3.16. The fraction of sp³-hybridized carbons (Fsp3) is 0.474. The molecule has 1 atom stereocenters. The first-order valence-corrected chi connectivity index (χ1v) is 9.05. The zero-order chi connectivity index (χ0) is 17.1. The number of aryl methyl sites for hydroxylation is 1. The van der Waals surface area contributed by atoms with Crippen LogP contribution in [0, 0.1) is 0 Å². The number of carbonyl (C=O) groups is 1. The van der Waals surface area contributed by atoms with Crippen LogP contribution in [0.25, 0.3) is 11.4 Å². The van der Waals surface area contributed by atoms with Crippen LogP contribution >= 0.6 is 0 Å². The molecule has 0 spiro atoms. The van der Waals surface area contributed by atoms with Crippen LogP contribution in [0.3, 0.4) is 0 Å². The van der Waals surface area contributed by atoms with Crippen LogP contribution in [-0.4, -0.2) is 41.3 Å². The third kappa shape index (κ3) is 3.75. The minimum absolute atomic E-state index is 0.00828. The van der Waals surface area contributed by atoms with Crippen molar-refractivity contribution in [3.63, 3.8) is 0 Å². The number of ether oxygens (including phenoxy) is 1. The molecular weight excluding hydrogens is 316 g/mol. The third-order valence-corrected chi connectivity index (χ3v) is 4.86. The first kappa shape index (κ1) is 16.3. The van der Waals surface area contributed by atoms with Crippen LogP contribution in [0.5, 0.6) is 0 Å². The Morgan fingerprint density at radius 3 is 3.00 bits per heavy atom. The number of aromatic nitrogens is 2. The zero-order valence-corrected chi connectivity index (χ0v) is 14.3. The van der Waals surface area contributed by atoms with Crippen LogP contribution in [-0.2, 0) is 22.5 Å². The standard InChI is InChI=1S/C19H24N4O2/c24-18(11-16-13-25-10-8-20-16)22-15-6-4-14(5-7-15)19-21-12-17-3-1-2-9-23(17)19/h4-7,12,16,20H,1-3,8-11,13H2,(H,22,24). The predicted molar refractivity (Wildman–Crippen MR) is 96.5 cm³/mol. The lowest BCUT2D eigenvalue weighted by molar-refractivity contribution is -0.117. The quantitative estimate of drug-likeness (QED) is 0.895. The van der Waals surface area contributed by atoms with E-state index in [9.17, 15) is 4.79 Å². The minimum Gasteiger partial charge on any atom is -0.378 e. The van der Waals surface area contributed by atoms with Gasteiger partial charge in [-0.25, -0.2) is 4.98 Å². The van der Waals surface area contributed by atoms with E-state index in [-0.39, 0.29) is 11.9 Å². The second-order valence-corrected chi connectivity index (χ2v) is 6.74. The molecule has 1 aromatic carbocycles. The summed E-state index contributed by atoms with van der Waals surface area (Å²) < 4.78 is 7.70. The Morgan fingerprint density at radius 2 is 2.20 bits per heavy atom. The summed E-state index contributed by atoms with van der Waals surface area (Å²) in [5, 5.41) is 6.26. The maximum absolute atomic E-state index is 12.2. The lowest BCUT2D eigenvalue weighted by Crippen LogP contribution is -2.43. The van der Waals surface area contributed by atoms with Crippen molar-refractivity contribution in [3.05, 3.63) is 36.2 Å². The molecule has 132 valence electrons. The van der Waals surface area contributed by atoms with E-state index in [1.165, 1.54) is 18.5 Å². The van der Waals surface area contributed by atoms with E-state index < -0.39 is 0 Å². The summed E-state index contributed by atoms with van der Waals surface area (Å²) in [6, 6.07) is 8.05. The third-order valence-electron chi connectivity index (χ3n) is 4.86. The van der Waals surface area contributed by atoms with Crippen molar-refractivity contribution < 1.29 is 9.53 Å². The Kier molecular flexibility index (Phi) is 4.81. The first-order chi connectivity index (χ1) is 12.3. The van der Waals surface area contributed by atoms with Gasteiger partial charge in [0.15, 0.2) is 0 Å². The SMILES string of the molecule is O=C(CC1COCCN1)Nc1ccc(-c2ncc3n2CCCC3)cc1. The van der Waals surface area contributed by atoms with Crippen LogP contribution < -0.4 is 10.6 Å². The largest absolute Gasteiger partial charge is 0.378 e. The molecule has 1 saturated heterocycles. The molecule has 2 N–H and O–H groups in total. The summed E-state index contributed by atoms with van der Waals surface area (Å²) in [5.74, 6) is 1.03. The van der Waals surface area contributed by atoms with Crippen molar-refractivity contribution in [1.29, 1.82) is 0 Å². The van der Waals surface area contributed by atoms with E-state index in [2.05, 4.69) is 20.2 Å². The number of fused-ring (bicyclic) bond motifs is 1. The topological polar surface area (TPSA) is 68.2 Å². The molecule has 1 unspecified atom stereocenters. The van der Waals surface area contributed by atoms with Crippen molar-refractivity contribution >= 4 is 11.6 Å². The number of anilines is 1. The Balaban J connectivity index is 1.40. The van der Waals surface area contributed by atoms with Crippen molar-refractivity contribution in [3.8, 4) is 11.4 Å². The van der Waals surface area contributed by atoms with Gasteiger partial charge in [0.25, 0.3) is 0 Å². The average molecular weight is 340 g/mol. The van der Waals surface area contributed by atoms with Crippen LogP contribution in [0.4, 0.5) is 5.69 Å². The number of morpholine rings is 1. The summed E-state index contributed by atoms with van der Waals surface area (Å²) in [5.41, 5.74) is 3.23. The summed E-state index contributed by atoms with van der Waals surface area (Å²) in [7, 11) is 0. The molecule has 3 heterocycles. The molecule has 6 heteroatoms. The second kappa shape index (κ2) is 7.37. The highest BCUT2D eigenvalue weighted by Crippen LogP contribution is 2.25. The highest BCUT2D eigenvalue weighted by Gasteiger charge is 2.17. The van der Waals surface area contributed by atoms with Crippen LogP contribution in [0.2, 0.25) is 0 Å². The molecule has 1 fully saturated rings. The Labute approximate surface area is 147 Å². The molecule has 2 aromatic rings. The maximum atomic E-state index is 12.2. The molecule has 1 amide bonds. The van der Waals surface area contributed by atoms with Gasteiger partial charge in [-0.05, 0) is 43.5 Å². The second-order valence-electron chi connectivity index (χ2n) is 6.74. The Bertz CT molecular complexity index is 732. The van der Waals surface area contributed by atoms with Gasteiger partial charge in [0.05, 0.1) is 13.2 Å². The van der Waals surface area contributed by atoms with E-state index in [4.69, 9.17) is 4.74 Å². The summed E-state index contributed by atoms with van der Waals surface area (Å²) in [6.07, 6.45) is 5.99. The molecule has 1 aromatic heterocycles. The summed E-state index contributed by atoms with van der Waals surface area (Å²) >= 11 is 0. The number of rotatable bonds is 4. The maximum Gasteiger partial charge on any atom is 0.226 e. The van der Waals surface area contributed by atoms with Gasteiger partial charge in [0.1, 0.15) is 5.82 Å². The van der Waals surface area contributed by atoms with Gasteiger partial charge in [-0.1, -0.05) is 0 Å². The molecule has 0 bridgehead atoms. The van der Waals surface area contributed by atoms with Gasteiger partial charge in [-0.2, -0.15) is 0 Å². The number of carbonyl (C=O) groups excluding carboxylic acids is 1. The Morgan fingerprint density at radius 1 is 1.32 bits per heavy atom. The van der Waals surface area contributed by atoms with E-state index in [0.717, 1.165) is 43.2 Å². The lowest BCUT2D eigenvalue weighted by Gasteiger charge is -2.23. The molecule has 6 nitrogen and oxygen atoms in total. The molecule has 2 aliphatic rings. The van der Waals surface area contributed by atoms with Gasteiger partial charge in [0.2, 0.25) is 5.91 Å². The van der Waals surface area contributed by atoms with Crippen LogP contribution in [0.15, 0.2) is 30.5 Å².